The van der Waals surface area contributed by atoms with Crippen LogP contribution >= 0.6 is 0 Å². The fourth-order valence-electron chi connectivity index (χ4n) is 2.25. The Bertz CT molecular complexity index is 220. The quantitative estimate of drug-likeness (QED) is 0.746. The predicted molar refractivity (Wildman–Crippen MR) is 73.2 cm³/mol. The molecule has 1 aliphatic heterocycles. The summed E-state index contributed by atoms with van der Waals surface area (Å²) < 4.78 is 0. The zero-order valence-electron chi connectivity index (χ0n) is 12.2. The van der Waals surface area contributed by atoms with Crippen molar-refractivity contribution in [1.82, 2.24) is 10.2 Å². The van der Waals surface area contributed by atoms with Crippen molar-refractivity contribution < 1.29 is 5.11 Å². The smallest absolute Gasteiger partial charge is 0.0768 e. The molecule has 2 atom stereocenters. The van der Waals surface area contributed by atoms with Crippen molar-refractivity contribution in [3.63, 3.8) is 0 Å². The minimum atomic E-state index is -0.594. The first kappa shape index (κ1) is 14.9. The van der Waals surface area contributed by atoms with E-state index in [0.717, 1.165) is 19.6 Å². The highest BCUT2D eigenvalue weighted by Gasteiger charge is 2.30. The lowest BCUT2D eigenvalue weighted by atomic mass is 9.91. The molecule has 0 amide bonds. The Hall–Kier alpha value is -0.120. The van der Waals surface area contributed by atoms with Crippen LogP contribution in [0.4, 0.5) is 0 Å². The second-order valence-corrected chi connectivity index (χ2v) is 6.33. The number of aliphatic hydroxyl groups is 1. The van der Waals surface area contributed by atoms with Gasteiger partial charge in [0.1, 0.15) is 0 Å². The maximum Gasteiger partial charge on any atom is 0.0768 e. The predicted octanol–water partition coefficient (Wildman–Crippen LogP) is 1.86. The number of rotatable bonds is 6. The van der Waals surface area contributed by atoms with Crippen LogP contribution in [0.1, 0.15) is 47.5 Å². The van der Waals surface area contributed by atoms with Crippen molar-refractivity contribution in [2.24, 2.45) is 5.92 Å². The molecule has 102 valence electrons. The van der Waals surface area contributed by atoms with Crippen LogP contribution in [-0.4, -0.2) is 47.3 Å². The van der Waals surface area contributed by atoms with E-state index in [2.05, 4.69) is 37.9 Å². The monoisotopic (exact) mass is 242 g/mol. The first-order valence-corrected chi connectivity index (χ1v) is 7.02. The Morgan fingerprint density at radius 1 is 1.35 bits per heavy atom. The molecule has 0 saturated carbocycles. The van der Waals surface area contributed by atoms with E-state index in [1.807, 2.05) is 6.92 Å². The highest BCUT2D eigenvalue weighted by molar-refractivity contribution is 4.85. The summed E-state index contributed by atoms with van der Waals surface area (Å²) in [5, 5.41) is 14.0. The lowest BCUT2D eigenvalue weighted by Gasteiger charge is -2.37. The SMILES string of the molecule is CC(C)N(CC1CCCN1)CC(C)(O)C(C)C. The van der Waals surface area contributed by atoms with Crippen LogP contribution in [-0.2, 0) is 0 Å². The molecule has 17 heavy (non-hydrogen) atoms. The van der Waals surface area contributed by atoms with Crippen LogP contribution in [0.25, 0.3) is 0 Å². The molecule has 0 bridgehead atoms. The van der Waals surface area contributed by atoms with Gasteiger partial charge in [-0.3, -0.25) is 4.90 Å². The van der Waals surface area contributed by atoms with Gasteiger partial charge in [-0.1, -0.05) is 13.8 Å². The van der Waals surface area contributed by atoms with Gasteiger partial charge in [0.15, 0.2) is 0 Å². The topological polar surface area (TPSA) is 35.5 Å². The molecule has 2 N–H and O–H groups in total. The van der Waals surface area contributed by atoms with E-state index in [-0.39, 0.29) is 0 Å². The van der Waals surface area contributed by atoms with E-state index in [0.29, 0.717) is 18.0 Å². The molecule has 0 radical (unpaired) electrons. The molecule has 2 unspecified atom stereocenters. The molecule has 0 aromatic heterocycles. The summed E-state index contributed by atoms with van der Waals surface area (Å²) >= 11 is 0. The number of hydrogen-bond acceptors (Lipinski definition) is 3. The molecule has 0 aromatic rings. The summed E-state index contributed by atoms with van der Waals surface area (Å²) in [6.45, 7) is 13.5. The summed E-state index contributed by atoms with van der Waals surface area (Å²) in [7, 11) is 0. The Morgan fingerprint density at radius 2 is 2.00 bits per heavy atom. The summed E-state index contributed by atoms with van der Waals surface area (Å²) in [6.07, 6.45) is 2.56. The summed E-state index contributed by atoms with van der Waals surface area (Å²) in [6, 6.07) is 1.10. The Balaban J connectivity index is 2.53. The van der Waals surface area contributed by atoms with Gasteiger partial charge < -0.3 is 10.4 Å². The fourth-order valence-corrected chi connectivity index (χ4v) is 2.25. The molecule has 3 nitrogen and oxygen atoms in total. The fraction of sp³-hybridized carbons (Fsp3) is 1.00. The molecule has 3 heteroatoms. The summed E-state index contributed by atoms with van der Waals surface area (Å²) in [5.41, 5.74) is -0.594. The Labute approximate surface area is 107 Å². The Kier molecular flexibility index (Phi) is 5.42. The largest absolute Gasteiger partial charge is 0.389 e. The molecule has 0 aromatic carbocycles. The van der Waals surface area contributed by atoms with Gasteiger partial charge in [-0.2, -0.15) is 0 Å². The third-order valence-corrected chi connectivity index (χ3v) is 4.11. The third-order valence-electron chi connectivity index (χ3n) is 4.11. The molecule has 0 aliphatic carbocycles. The molecule has 1 aliphatic rings. The first-order valence-electron chi connectivity index (χ1n) is 7.02. The Morgan fingerprint density at radius 3 is 2.41 bits per heavy atom. The van der Waals surface area contributed by atoms with Crippen molar-refractivity contribution >= 4 is 0 Å². The normalized spacial score (nSPS) is 24.9. The van der Waals surface area contributed by atoms with E-state index in [1.54, 1.807) is 0 Å². The van der Waals surface area contributed by atoms with Crippen molar-refractivity contribution in [1.29, 1.82) is 0 Å². The van der Waals surface area contributed by atoms with E-state index >= 15 is 0 Å². The highest BCUT2D eigenvalue weighted by Crippen LogP contribution is 2.20. The zero-order chi connectivity index (χ0) is 13.1. The van der Waals surface area contributed by atoms with Crippen LogP contribution in [0.2, 0.25) is 0 Å². The summed E-state index contributed by atoms with van der Waals surface area (Å²) in [5.74, 6) is 0.292. The van der Waals surface area contributed by atoms with Gasteiger partial charge in [-0.25, -0.2) is 0 Å². The van der Waals surface area contributed by atoms with Gasteiger partial charge in [0, 0.05) is 25.2 Å². The van der Waals surface area contributed by atoms with Gasteiger partial charge in [0.2, 0.25) is 0 Å². The summed E-state index contributed by atoms with van der Waals surface area (Å²) in [4.78, 5) is 2.41. The van der Waals surface area contributed by atoms with E-state index in [4.69, 9.17) is 0 Å². The standard InChI is InChI=1S/C14H30N2O/c1-11(2)14(5,17)10-16(12(3)4)9-13-7-6-8-15-13/h11-13,15,17H,6-10H2,1-5H3. The molecular weight excluding hydrogens is 212 g/mol. The molecule has 1 heterocycles. The maximum absolute atomic E-state index is 10.4. The number of hydrogen-bond donors (Lipinski definition) is 2. The van der Waals surface area contributed by atoms with Crippen LogP contribution < -0.4 is 5.32 Å². The lowest BCUT2D eigenvalue weighted by molar-refractivity contribution is -0.0276. The first-order chi connectivity index (χ1) is 7.83. The van der Waals surface area contributed by atoms with Gasteiger partial charge in [0.05, 0.1) is 5.60 Å². The second kappa shape index (κ2) is 6.17. The molecular formula is C14H30N2O. The third kappa shape index (κ3) is 4.57. The zero-order valence-corrected chi connectivity index (χ0v) is 12.2. The van der Waals surface area contributed by atoms with Crippen LogP contribution in [0.5, 0.6) is 0 Å². The van der Waals surface area contributed by atoms with Crippen molar-refractivity contribution in [3.05, 3.63) is 0 Å². The minimum Gasteiger partial charge on any atom is -0.389 e. The number of nitrogens with one attached hydrogen (secondary N) is 1. The average Bonchev–Trinajstić information content (AvgIpc) is 2.68. The van der Waals surface area contributed by atoms with Gasteiger partial charge in [0.25, 0.3) is 0 Å². The number of nitrogens with zero attached hydrogens (tertiary/aromatic N) is 1. The minimum absolute atomic E-state index is 0.292. The molecule has 0 spiro atoms. The van der Waals surface area contributed by atoms with Crippen LogP contribution in [0.15, 0.2) is 0 Å². The highest BCUT2D eigenvalue weighted by atomic mass is 16.3. The molecule has 1 fully saturated rings. The lowest BCUT2D eigenvalue weighted by Crippen LogP contribution is -2.50. The van der Waals surface area contributed by atoms with E-state index < -0.39 is 5.60 Å². The van der Waals surface area contributed by atoms with Gasteiger partial charge in [-0.05, 0) is 46.1 Å². The van der Waals surface area contributed by atoms with Crippen molar-refractivity contribution in [2.45, 2.75) is 65.1 Å². The molecule has 1 rings (SSSR count). The maximum atomic E-state index is 10.4. The van der Waals surface area contributed by atoms with Gasteiger partial charge >= 0.3 is 0 Å². The molecule has 1 saturated heterocycles. The van der Waals surface area contributed by atoms with Crippen molar-refractivity contribution in [2.75, 3.05) is 19.6 Å². The van der Waals surface area contributed by atoms with E-state index in [9.17, 15) is 5.11 Å². The van der Waals surface area contributed by atoms with Gasteiger partial charge in [-0.15, -0.1) is 0 Å². The van der Waals surface area contributed by atoms with Crippen LogP contribution in [0.3, 0.4) is 0 Å². The second-order valence-electron chi connectivity index (χ2n) is 6.33. The van der Waals surface area contributed by atoms with Crippen molar-refractivity contribution in [3.8, 4) is 0 Å². The van der Waals surface area contributed by atoms with E-state index in [1.165, 1.54) is 12.8 Å². The average molecular weight is 242 g/mol. The van der Waals surface area contributed by atoms with Crippen LogP contribution in [0, 0.1) is 5.92 Å².